The van der Waals surface area contributed by atoms with E-state index in [1.807, 2.05) is 18.2 Å². The third kappa shape index (κ3) is 2.75. The predicted octanol–water partition coefficient (Wildman–Crippen LogP) is 3.15. The van der Waals surface area contributed by atoms with Crippen LogP contribution in [0.15, 0.2) is 48.5 Å². The first-order valence-electron chi connectivity index (χ1n) is 6.95. The van der Waals surface area contributed by atoms with Crippen molar-refractivity contribution in [2.45, 2.75) is 6.61 Å². The molecule has 0 spiro atoms. The van der Waals surface area contributed by atoms with Gasteiger partial charge in [0.2, 0.25) is 0 Å². The molecular weight excluding hydrogens is 302 g/mol. The van der Waals surface area contributed by atoms with Crippen LogP contribution in [0.25, 0.3) is 0 Å². The minimum Gasteiger partial charge on any atom is -0.375 e. The molecular formula is C17H14ClNO3. The first-order valence-corrected chi connectivity index (χ1v) is 7.32. The quantitative estimate of drug-likeness (QED) is 0.629. The maximum absolute atomic E-state index is 12.2. The molecule has 2 aromatic carbocycles. The number of nitrogens with zero attached hydrogens (tertiary/aromatic N) is 1. The monoisotopic (exact) mass is 315 g/mol. The Morgan fingerprint density at radius 1 is 0.909 bits per heavy atom. The topological polar surface area (TPSA) is 46.6 Å². The smallest absolute Gasteiger partial charge is 0.261 e. The van der Waals surface area contributed by atoms with Gasteiger partial charge in [0.15, 0.2) is 0 Å². The molecule has 0 fully saturated rings. The van der Waals surface area contributed by atoms with Crippen LogP contribution in [-0.2, 0) is 11.3 Å². The summed E-state index contributed by atoms with van der Waals surface area (Å²) < 4.78 is 5.53. The summed E-state index contributed by atoms with van der Waals surface area (Å²) in [5, 5.41) is 0.642. The second kappa shape index (κ2) is 6.30. The fourth-order valence-corrected chi connectivity index (χ4v) is 2.59. The highest BCUT2D eigenvalue weighted by molar-refractivity contribution is 6.31. The fourth-order valence-electron chi connectivity index (χ4n) is 2.40. The van der Waals surface area contributed by atoms with Crippen LogP contribution in [0.1, 0.15) is 26.3 Å². The van der Waals surface area contributed by atoms with Crippen molar-refractivity contribution >= 4 is 23.4 Å². The van der Waals surface area contributed by atoms with Gasteiger partial charge in [-0.3, -0.25) is 14.5 Å². The van der Waals surface area contributed by atoms with Gasteiger partial charge in [-0.05, 0) is 23.8 Å². The van der Waals surface area contributed by atoms with Crippen LogP contribution < -0.4 is 0 Å². The molecule has 0 aliphatic carbocycles. The number of hydrogen-bond acceptors (Lipinski definition) is 3. The minimum absolute atomic E-state index is 0.233. The Hall–Kier alpha value is -2.17. The highest BCUT2D eigenvalue weighted by Crippen LogP contribution is 2.22. The Morgan fingerprint density at radius 2 is 1.50 bits per heavy atom. The molecule has 5 heteroatoms. The number of rotatable bonds is 5. The van der Waals surface area contributed by atoms with Crippen LogP contribution in [0.4, 0.5) is 0 Å². The van der Waals surface area contributed by atoms with Crippen molar-refractivity contribution in [1.82, 2.24) is 4.90 Å². The van der Waals surface area contributed by atoms with Gasteiger partial charge in [0, 0.05) is 5.02 Å². The van der Waals surface area contributed by atoms with Gasteiger partial charge >= 0.3 is 0 Å². The molecule has 2 amide bonds. The number of amides is 2. The Morgan fingerprint density at radius 3 is 2.14 bits per heavy atom. The first-order chi connectivity index (χ1) is 10.7. The highest BCUT2D eigenvalue weighted by atomic mass is 35.5. The number of carbonyl (C=O) groups is 2. The van der Waals surface area contributed by atoms with Gasteiger partial charge in [-0.15, -0.1) is 0 Å². The molecule has 112 valence electrons. The van der Waals surface area contributed by atoms with Crippen molar-refractivity contribution in [1.29, 1.82) is 0 Å². The highest BCUT2D eigenvalue weighted by Gasteiger charge is 2.34. The summed E-state index contributed by atoms with van der Waals surface area (Å²) in [7, 11) is 0. The summed E-state index contributed by atoms with van der Waals surface area (Å²) in [5.74, 6) is -0.524. The van der Waals surface area contributed by atoms with Crippen molar-refractivity contribution in [3.05, 3.63) is 70.2 Å². The van der Waals surface area contributed by atoms with Gasteiger partial charge < -0.3 is 4.74 Å². The lowest BCUT2D eigenvalue weighted by Crippen LogP contribution is -2.33. The third-order valence-electron chi connectivity index (χ3n) is 3.55. The molecule has 2 aromatic rings. The zero-order valence-electron chi connectivity index (χ0n) is 11.8. The number of hydrogen-bond donors (Lipinski definition) is 0. The Labute approximate surface area is 133 Å². The van der Waals surface area contributed by atoms with E-state index >= 15 is 0 Å². The lowest BCUT2D eigenvalue weighted by molar-refractivity contribution is 0.0545. The van der Waals surface area contributed by atoms with E-state index in [0.717, 1.165) is 5.56 Å². The molecule has 4 nitrogen and oxygen atoms in total. The van der Waals surface area contributed by atoms with Crippen LogP contribution in [0.3, 0.4) is 0 Å². The van der Waals surface area contributed by atoms with Gasteiger partial charge in [0.05, 0.1) is 30.9 Å². The van der Waals surface area contributed by atoms with Gasteiger partial charge in [-0.1, -0.05) is 41.9 Å². The molecule has 0 atom stereocenters. The van der Waals surface area contributed by atoms with Crippen LogP contribution in [-0.4, -0.2) is 29.9 Å². The van der Waals surface area contributed by atoms with E-state index in [-0.39, 0.29) is 25.0 Å². The van der Waals surface area contributed by atoms with Gasteiger partial charge in [-0.25, -0.2) is 0 Å². The zero-order chi connectivity index (χ0) is 15.5. The van der Waals surface area contributed by atoms with Gasteiger partial charge in [0.1, 0.15) is 0 Å². The van der Waals surface area contributed by atoms with E-state index in [2.05, 4.69) is 0 Å². The number of ether oxygens (including phenoxy) is 1. The Balaban J connectivity index is 1.56. The second-order valence-electron chi connectivity index (χ2n) is 4.95. The van der Waals surface area contributed by atoms with E-state index in [4.69, 9.17) is 16.3 Å². The maximum atomic E-state index is 12.2. The zero-order valence-corrected chi connectivity index (χ0v) is 12.5. The van der Waals surface area contributed by atoms with Crippen molar-refractivity contribution in [2.24, 2.45) is 0 Å². The van der Waals surface area contributed by atoms with E-state index in [1.54, 1.807) is 30.3 Å². The summed E-state index contributed by atoms with van der Waals surface area (Å²) in [5.41, 5.74) is 1.80. The molecule has 0 bridgehead atoms. The third-order valence-corrected chi connectivity index (χ3v) is 3.92. The number of fused-ring (bicyclic) bond motifs is 1. The van der Waals surface area contributed by atoms with Crippen molar-refractivity contribution in [2.75, 3.05) is 13.2 Å². The number of carbonyl (C=O) groups excluding carboxylic acids is 2. The average molecular weight is 316 g/mol. The molecule has 0 N–H and O–H groups in total. The second-order valence-corrected chi connectivity index (χ2v) is 5.36. The Bertz CT molecular complexity index is 694. The van der Waals surface area contributed by atoms with Crippen molar-refractivity contribution in [3.8, 4) is 0 Å². The average Bonchev–Trinajstić information content (AvgIpc) is 2.78. The molecule has 0 aromatic heterocycles. The molecule has 0 radical (unpaired) electrons. The standard InChI is InChI=1S/C17H14ClNO3/c18-15-8-4-1-5-12(15)11-22-10-9-19-16(20)13-6-2-3-7-14(13)17(19)21/h1-8H,9-11H2. The van der Waals surface area contributed by atoms with Gasteiger partial charge in [0.25, 0.3) is 11.8 Å². The predicted molar refractivity (Wildman–Crippen MR) is 82.9 cm³/mol. The van der Waals surface area contributed by atoms with Crippen LogP contribution in [0.5, 0.6) is 0 Å². The SMILES string of the molecule is O=C1c2ccccc2C(=O)N1CCOCc1ccccc1Cl. The van der Waals surface area contributed by atoms with E-state index in [1.165, 1.54) is 4.90 Å². The summed E-state index contributed by atoms with van der Waals surface area (Å²) in [4.78, 5) is 25.5. The Kier molecular flexibility index (Phi) is 4.22. The molecule has 1 aliphatic rings. The van der Waals surface area contributed by atoms with Crippen LogP contribution >= 0.6 is 11.6 Å². The fraction of sp³-hybridized carbons (Fsp3) is 0.176. The van der Waals surface area contributed by atoms with E-state index < -0.39 is 0 Å². The molecule has 0 unspecified atom stereocenters. The van der Waals surface area contributed by atoms with Gasteiger partial charge in [-0.2, -0.15) is 0 Å². The van der Waals surface area contributed by atoms with Crippen LogP contribution in [0, 0.1) is 0 Å². The maximum Gasteiger partial charge on any atom is 0.261 e. The van der Waals surface area contributed by atoms with Crippen molar-refractivity contribution < 1.29 is 14.3 Å². The molecule has 1 aliphatic heterocycles. The number of halogens is 1. The lowest BCUT2D eigenvalue weighted by Gasteiger charge is -2.14. The first kappa shape index (κ1) is 14.8. The molecule has 0 saturated heterocycles. The summed E-state index contributed by atoms with van der Waals surface area (Å²) in [6, 6.07) is 14.2. The number of imide groups is 1. The minimum atomic E-state index is -0.262. The van der Waals surface area contributed by atoms with Crippen molar-refractivity contribution in [3.63, 3.8) is 0 Å². The molecule has 0 saturated carbocycles. The summed E-state index contributed by atoms with van der Waals surface area (Å²) in [6.45, 7) is 0.857. The summed E-state index contributed by atoms with van der Waals surface area (Å²) >= 11 is 6.04. The molecule has 3 rings (SSSR count). The normalized spacial score (nSPS) is 13.6. The summed E-state index contributed by atoms with van der Waals surface area (Å²) in [6.07, 6.45) is 0. The van der Waals surface area contributed by atoms with E-state index in [9.17, 15) is 9.59 Å². The molecule has 1 heterocycles. The van der Waals surface area contributed by atoms with E-state index in [0.29, 0.717) is 22.8 Å². The van der Waals surface area contributed by atoms with Crippen LogP contribution in [0.2, 0.25) is 5.02 Å². The number of benzene rings is 2. The molecule has 22 heavy (non-hydrogen) atoms. The largest absolute Gasteiger partial charge is 0.375 e. The lowest BCUT2D eigenvalue weighted by atomic mass is 10.1.